The van der Waals surface area contributed by atoms with E-state index in [1.165, 1.54) is 24.0 Å². The van der Waals surface area contributed by atoms with Crippen LogP contribution in [0.5, 0.6) is 0 Å². The quantitative estimate of drug-likeness (QED) is 0.608. The van der Waals surface area contributed by atoms with Crippen molar-refractivity contribution in [3.8, 4) is 0 Å². The topological polar surface area (TPSA) is 30.7 Å². The highest BCUT2D eigenvalue weighted by molar-refractivity contribution is 5.62. The minimum absolute atomic E-state index is 1.07. The molecule has 0 fully saturated rings. The Labute approximate surface area is 78.5 Å². The molecule has 3 nitrogen and oxygen atoms in total. The molecule has 1 aliphatic rings. The Morgan fingerprint density at radius 3 is 3.00 bits per heavy atom. The molecular weight excluding hydrogens is 162 g/mol. The van der Waals surface area contributed by atoms with E-state index in [9.17, 15) is 0 Å². The van der Waals surface area contributed by atoms with E-state index in [1.54, 1.807) is 0 Å². The van der Waals surface area contributed by atoms with Gasteiger partial charge in [0.05, 0.1) is 0 Å². The predicted octanol–water partition coefficient (Wildman–Crippen LogP) is 2.26. The van der Waals surface area contributed by atoms with Gasteiger partial charge in [0.2, 0.25) is 0 Å². The van der Waals surface area contributed by atoms with Crippen molar-refractivity contribution < 1.29 is 0 Å². The van der Waals surface area contributed by atoms with Gasteiger partial charge in [-0.25, -0.2) is 0 Å². The molecule has 0 radical (unpaired) electrons. The molecule has 1 aromatic rings. The van der Waals surface area contributed by atoms with Crippen LogP contribution in [-0.2, 0) is 6.54 Å². The van der Waals surface area contributed by atoms with E-state index in [1.807, 2.05) is 6.33 Å². The van der Waals surface area contributed by atoms with Crippen LogP contribution in [0.2, 0.25) is 0 Å². The van der Waals surface area contributed by atoms with Gasteiger partial charge in [-0.15, -0.1) is 10.2 Å². The number of rotatable bonds is 0. The molecule has 2 rings (SSSR count). The minimum Gasteiger partial charge on any atom is -0.314 e. The summed E-state index contributed by atoms with van der Waals surface area (Å²) in [4.78, 5) is 0. The zero-order valence-electron chi connectivity index (χ0n) is 8.25. The zero-order chi connectivity index (χ0) is 9.26. The Balaban J connectivity index is 2.48. The molecule has 2 heterocycles. The number of hydrogen-bond acceptors (Lipinski definition) is 2. The summed E-state index contributed by atoms with van der Waals surface area (Å²) in [5.41, 5.74) is 2.76. The second-order valence-electron chi connectivity index (χ2n) is 3.78. The van der Waals surface area contributed by atoms with E-state index in [0.29, 0.717) is 0 Å². The van der Waals surface area contributed by atoms with Crippen molar-refractivity contribution in [2.75, 3.05) is 0 Å². The van der Waals surface area contributed by atoms with Crippen molar-refractivity contribution in [3.05, 3.63) is 17.7 Å². The Morgan fingerprint density at radius 2 is 2.23 bits per heavy atom. The fraction of sp³-hybridized carbons (Fsp3) is 0.600. The second kappa shape index (κ2) is 3.32. The summed E-state index contributed by atoms with van der Waals surface area (Å²) in [7, 11) is 0. The first-order chi connectivity index (χ1) is 6.29. The fourth-order valence-electron chi connectivity index (χ4n) is 1.82. The van der Waals surface area contributed by atoms with Crippen LogP contribution in [0, 0.1) is 0 Å². The average Bonchev–Trinajstić information content (AvgIpc) is 2.44. The number of hydrogen-bond donors (Lipinski definition) is 0. The summed E-state index contributed by atoms with van der Waals surface area (Å²) in [6.07, 6.45) is 5.50. The molecule has 0 saturated carbocycles. The molecule has 70 valence electrons. The van der Waals surface area contributed by atoms with Crippen molar-refractivity contribution in [2.24, 2.45) is 0 Å². The maximum absolute atomic E-state index is 4.17. The molecule has 0 aromatic carbocycles. The predicted molar refractivity (Wildman–Crippen MR) is 52.1 cm³/mol. The first-order valence-corrected chi connectivity index (χ1v) is 4.83. The van der Waals surface area contributed by atoms with Crippen LogP contribution in [0.25, 0.3) is 5.57 Å². The van der Waals surface area contributed by atoms with Crippen molar-refractivity contribution in [3.63, 3.8) is 0 Å². The Bertz CT molecular complexity index is 332. The highest BCUT2D eigenvalue weighted by atomic mass is 15.3. The lowest BCUT2D eigenvalue weighted by Gasteiger charge is -2.05. The second-order valence-corrected chi connectivity index (χ2v) is 3.78. The third kappa shape index (κ3) is 1.50. The third-order valence-corrected chi connectivity index (χ3v) is 2.56. The van der Waals surface area contributed by atoms with Gasteiger partial charge in [0.25, 0.3) is 0 Å². The molecule has 3 heteroatoms. The van der Waals surface area contributed by atoms with Gasteiger partial charge >= 0.3 is 0 Å². The van der Waals surface area contributed by atoms with E-state index >= 15 is 0 Å². The summed E-state index contributed by atoms with van der Waals surface area (Å²) in [6.45, 7) is 5.37. The van der Waals surface area contributed by atoms with Gasteiger partial charge < -0.3 is 4.57 Å². The zero-order valence-corrected chi connectivity index (χ0v) is 8.25. The van der Waals surface area contributed by atoms with Gasteiger partial charge in [0, 0.05) is 6.54 Å². The number of fused-ring (bicyclic) bond motifs is 1. The number of aryl methyl sites for hydroxylation is 1. The van der Waals surface area contributed by atoms with E-state index in [-0.39, 0.29) is 0 Å². The highest BCUT2D eigenvalue weighted by Gasteiger charge is 2.14. The van der Waals surface area contributed by atoms with Crippen LogP contribution in [0.15, 0.2) is 11.9 Å². The van der Waals surface area contributed by atoms with Crippen LogP contribution < -0.4 is 0 Å². The lowest BCUT2D eigenvalue weighted by atomic mass is 10.1. The molecule has 0 bridgehead atoms. The summed E-state index contributed by atoms with van der Waals surface area (Å²) in [6, 6.07) is 0. The lowest BCUT2D eigenvalue weighted by molar-refractivity contribution is 0.633. The van der Waals surface area contributed by atoms with Crippen LogP contribution in [0.3, 0.4) is 0 Å². The van der Waals surface area contributed by atoms with Gasteiger partial charge in [-0.3, -0.25) is 0 Å². The monoisotopic (exact) mass is 177 g/mol. The van der Waals surface area contributed by atoms with E-state index in [4.69, 9.17) is 0 Å². The number of aromatic nitrogens is 3. The Morgan fingerprint density at radius 1 is 1.38 bits per heavy atom. The van der Waals surface area contributed by atoms with E-state index in [2.05, 4.69) is 28.6 Å². The van der Waals surface area contributed by atoms with Crippen LogP contribution in [0.4, 0.5) is 0 Å². The SMILES string of the molecule is CC(C)=C1CCCCn2cnnc21. The third-order valence-electron chi connectivity index (χ3n) is 2.56. The van der Waals surface area contributed by atoms with Gasteiger partial charge in [-0.1, -0.05) is 5.57 Å². The molecule has 0 N–H and O–H groups in total. The Hall–Kier alpha value is -1.12. The van der Waals surface area contributed by atoms with Gasteiger partial charge in [0.15, 0.2) is 5.82 Å². The summed E-state index contributed by atoms with van der Waals surface area (Å²) in [5, 5.41) is 8.13. The van der Waals surface area contributed by atoms with Crippen LogP contribution >= 0.6 is 0 Å². The normalized spacial score (nSPS) is 16.6. The first-order valence-electron chi connectivity index (χ1n) is 4.83. The minimum atomic E-state index is 1.07. The summed E-state index contributed by atoms with van der Waals surface area (Å²) < 4.78 is 2.16. The highest BCUT2D eigenvalue weighted by Crippen LogP contribution is 2.25. The van der Waals surface area contributed by atoms with Crippen LogP contribution in [0.1, 0.15) is 38.9 Å². The number of allylic oxidation sites excluding steroid dienone is 2. The molecule has 0 atom stereocenters. The average molecular weight is 177 g/mol. The number of nitrogens with zero attached hydrogens (tertiary/aromatic N) is 3. The largest absolute Gasteiger partial charge is 0.314 e. The van der Waals surface area contributed by atoms with Crippen molar-refractivity contribution in [1.82, 2.24) is 14.8 Å². The molecule has 0 unspecified atom stereocenters. The van der Waals surface area contributed by atoms with Gasteiger partial charge in [0.1, 0.15) is 6.33 Å². The maximum atomic E-state index is 4.17. The van der Waals surface area contributed by atoms with E-state index in [0.717, 1.165) is 18.8 Å². The molecule has 0 spiro atoms. The molecular formula is C10H15N3. The standard InChI is InChI=1S/C10H15N3/c1-8(2)9-5-3-4-6-13-7-11-12-10(9)13/h7H,3-6H2,1-2H3. The maximum Gasteiger partial charge on any atom is 0.159 e. The fourth-order valence-corrected chi connectivity index (χ4v) is 1.82. The molecule has 13 heavy (non-hydrogen) atoms. The Kier molecular flexibility index (Phi) is 2.17. The van der Waals surface area contributed by atoms with Crippen molar-refractivity contribution >= 4 is 5.57 Å². The molecule has 1 aliphatic heterocycles. The van der Waals surface area contributed by atoms with Gasteiger partial charge in [-0.05, 0) is 38.7 Å². The smallest absolute Gasteiger partial charge is 0.159 e. The first kappa shape index (κ1) is 8.48. The summed E-state index contributed by atoms with van der Waals surface area (Å²) in [5.74, 6) is 1.08. The van der Waals surface area contributed by atoms with Crippen molar-refractivity contribution in [1.29, 1.82) is 0 Å². The molecule has 0 saturated heterocycles. The van der Waals surface area contributed by atoms with Crippen molar-refractivity contribution in [2.45, 2.75) is 39.7 Å². The molecule has 0 aliphatic carbocycles. The van der Waals surface area contributed by atoms with E-state index < -0.39 is 0 Å². The molecule has 1 aromatic heterocycles. The van der Waals surface area contributed by atoms with Gasteiger partial charge in [-0.2, -0.15) is 0 Å². The summed E-state index contributed by atoms with van der Waals surface area (Å²) >= 11 is 0. The molecule has 0 amide bonds. The lowest BCUT2D eigenvalue weighted by Crippen LogP contribution is -1.99. The van der Waals surface area contributed by atoms with Crippen LogP contribution in [-0.4, -0.2) is 14.8 Å².